The Kier molecular flexibility index (Phi) is 38.5. The van der Waals surface area contributed by atoms with Crippen LogP contribution in [0.4, 0.5) is 0 Å². The van der Waals surface area contributed by atoms with E-state index in [4.69, 9.17) is 70.5 Å². The summed E-state index contributed by atoms with van der Waals surface area (Å²) in [4.78, 5) is 39.4. The summed E-state index contributed by atoms with van der Waals surface area (Å²) in [5.74, 6) is 0.926. The van der Waals surface area contributed by atoms with Crippen LogP contribution in [0.3, 0.4) is 0 Å². The summed E-state index contributed by atoms with van der Waals surface area (Å²) in [5.41, 5.74) is 25.5. The average Bonchev–Trinajstić information content (AvgIpc) is 0.749. The van der Waals surface area contributed by atoms with Gasteiger partial charge in [0, 0.05) is 150 Å². The zero-order valence-electron chi connectivity index (χ0n) is 79.1. The summed E-state index contributed by atoms with van der Waals surface area (Å²) in [6.07, 6.45) is 8.68. The fourth-order valence-electron chi connectivity index (χ4n) is 16.7. The number of nitrogens with zero attached hydrogens (tertiary/aromatic N) is 8. The quantitative estimate of drug-likeness (QED) is 0.0440. The monoisotopic (exact) mass is 2500 g/mol. The first-order valence-electron chi connectivity index (χ1n) is 45.6. The van der Waals surface area contributed by atoms with Gasteiger partial charge in [-0.25, -0.2) is 0 Å². The van der Waals surface area contributed by atoms with Crippen LogP contribution in [0.5, 0.6) is 0 Å². The van der Waals surface area contributed by atoms with Gasteiger partial charge in [0.15, 0.2) is 0 Å². The number of aromatic nitrogens is 8. The van der Waals surface area contributed by atoms with Gasteiger partial charge in [-0.3, -0.25) is 19.9 Å². The molecule has 3 radical (unpaired) electrons. The van der Waals surface area contributed by atoms with Gasteiger partial charge in [0.1, 0.15) is 0 Å². The van der Waals surface area contributed by atoms with E-state index in [0.29, 0.717) is 31.1 Å². The number of aliphatic hydroxyl groups excluding tert-OH is 6. The summed E-state index contributed by atoms with van der Waals surface area (Å²) >= 11 is 0. The van der Waals surface area contributed by atoms with Crippen LogP contribution in [0.2, 0.25) is 0 Å². The Morgan fingerprint density at radius 3 is 0.822 bits per heavy atom. The molecule has 0 aliphatic heterocycles. The molecule has 0 aliphatic carbocycles. The number of aliphatic hydroxyl groups is 6. The normalized spacial score (nSPS) is 12.4. The maximum atomic E-state index is 8.56. The van der Waals surface area contributed by atoms with Crippen LogP contribution in [0.15, 0.2) is 267 Å². The molecule has 20 aromatic rings. The average molecular weight is 2500 g/mol. The second-order valence-corrected chi connectivity index (χ2v) is 35.3. The van der Waals surface area contributed by atoms with E-state index in [1.165, 1.54) is 87.6 Å². The summed E-state index contributed by atoms with van der Waals surface area (Å²) in [7, 11) is 0. The Labute approximate surface area is 847 Å². The largest absolute Gasteiger partial charge is 0.393 e. The molecule has 20 rings (SSSR count). The summed E-state index contributed by atoms with van der Waals surface area (Å²) in [5, 5.41) is 69.9. The van der Waals surface area contributed by atoms with E-state index < -0.39 is 0 Å². The third kappa shape index (κ3) is 25.8. The van der Waals surface area contributed by atoms with E-state index in [1.54, 1.807) is 41.5 Å². The first-order valence-corrected chi connectivity index (χ1v) is 45.6. The van der Waals surface area contributed by atoms with Crippen LogP contribution >= 0.6 is 0 Å². The van der Waals surface area contributed by atoms with Gasteiger partial charge in [0.25, 0.3) is 0 Å². The van der Waals surface area contributed by atoms with Crippen LogP contribution in [0.1, 0.15) is 159 Å². The smallest absolute Gasteiger partial charge is 0.0873 e. The van der Waals surface area contributed by atoms with Crippen molar-refractivity contribution in [3.05, 3.63) is 336 Å². The Balaban J connectivity index is 0.000000172. The van der Waals surface area contributed by atoms with E-state index >= 15 is 0 Å². The minimum Gasteiger partial charge on any atom is -0.393 e. The molecule has 0 amide bonds. The molecule has 16 aromatic carbocycles. The number of rotatable bonds is 14. The molecule has 0 spiro atoms. The van der Waals surface area contributed by atoms with Crippen LogP contribution in [-0.2, 0) is 94.2 Å². The van der Waals surface area contributed by atoms with E-state index in [0.717, 1.165) is 145 Å². The third-order valence-electron chi connectivity index (χ3n) is 23.3. The van der Waals surface area contributed by atoms with Gasteiger partial charge in [-0.05, 0) is 120 Å². The molecule has 0 bridgehead atoms. The number of aryl methyl sites for hydroxylation is 6. The molecule has 18 heteroatoms. The summed E-state index contributed by atoms with van der Waals surface area (Å²) < 4.78 is 0. The fourth-order valence-corrected chi connectivity index (χ4v) is 16.7. The number of benzene rings is 16. The Hall–Kier alpha value is -10.6. The van der Waals surface area contributed by atoms with Gasteiger partial charge >= 0.3 is 0 Å². The van der Waals surface area contributed by atoms with Crippen molar-refractivity contribution in [3.63, 3.8) is 0 Å². The third-order valence-corrected chi connectivity index (χ3v) is 23.3. The standard InChI is InChI=1S/C28H25N2.C26H21N2.2C24H17N2.3C5H12O2.3Ir.Pt/c1-17(2)20-10-12-22-24(14-20)25-15-21(18(3)4)11-13-23(25)28-27(22)29-16-26(30-28)19-8-6-5-7-9-19;1-3-17-10-12-20-22(14-17)23-15-18(4-2)11-13-21(23)26-25(20)27-16-24(28-26)19-8-6-5-7-9-19;2*1-15-8-10-18-20(12-15)21-13-16(2)9-11-19(21)24-23(18)25-14-22(26-24)17-6-4-3-5-7-17;3*1-4(6)3-5(2)7;;;;/h5-11,13-18H,1-4H3;5-11,13-16H,3-4H2,1-2H3;2*3-9,11-14H,1-2H3;3*4-7H,3H2,1-2H3;;;;/q4*-1;;;;;;;. The summed E-state index contributed by atoms with van der Waals surface area (Å²) in [6, 6.07) is 98.7. The second-order valence-electron chi connectivity index (χ2n) is 35.3. The van der Waals surface area contributed by atoms with Gasteiger partial charge in [0.05, 0.1) is 81.5 Å². The van der Waals surface area contributed by atoms with Crippen molar-refractivity contribution in [2.75, 3.05) is 0 Å². The molecule has 14 nitrogen and oxygen atoms in total. The number of hydrogen-bond donors (Lipinski definition) is 6. The van der Waals surface area contributed by atoms with E-state index in [-0.39, 0.29) is 118 Å². The molecular formula is C117H116Ir3N8O6Pt-4. The van der Waals surface area contributed by atoms with Crippen molar-refractivity contribution < 1.29 is 112 Å². The van der Waals surface area contributed by atoms with Crippen LogP contribution in [-0.4, -0.2) is 107 Å². The maximum absolute atomic E-state index is 8.56. The van der Waals surface area contributed by atoms with Crippen molar-refractivity contribution in [2.24, 2.45) is 0 Å². The van der Waals surface area contributed by atoms with Gasteiger partial charge in [0.2, 0.25) is 0 Å². The predicted molar refractivity (Wildman–Crippen MR) is 545 cm³/mol. The Morgan fingerprint density at radius 2 is 0.511 bits per heavy atom. The maximum Gasteiger partial charge on any atom is 0.0873 e. The Morgan fingerprint density at radius 1 is 0.252 bits per heavy atom. The summed E-state index contributed by atoms with van der Waals surface area (Å²) in [6.45, 7) is 31.7. The second kappa shape index (κ2) is 48.9. The molecule has 6 N–H and O–H groups in total. The molecule has 0 fully saturated rings. The molecule has 6 atom stereocenters. The predicted octanol–water partition coefficient (Wildman–Crippen LogP) is 26.6. The number of fused-ring (bicyclic) bond motifs is 24. The molecule has 4 aromatic heterocycles. The van der Waals surface area contributed by atoms with Crippen molar-refractivity contribution in [3.8, 4) is 45.0 Å². The molecule has 0 saturated heterocycles. The topological polar surface area (TPSA) is 224 Å². The zero-order chi connectivity index (χ0) is 92.8. The Bertz CT molecular complexity index is 7190. The molecule has 0 aliphatic rings. The van der Waals surface area contributed by atoms with Gasteiger partial charge in [-0.1, -0.05) is 316 Å². The first kappa shape index (κ1) is 106. The molecule has 4 heterocycles. The van der Waals surface area contributed by atoms with Crippen molar-refractivity contribution in [2.45, 2.75) is 191 Å². The van der Waals surface area contributed by atoms with E-state index in [2.05, 4.69) is 251 Å². The van der Waals surface area contributed by atoms with E-state index in [1.807, 2.05) is 110 Å². The van der Waals surface area contributed by atoms with Gasteiger partial charge in [-0.15, -0.1) is 117 Å². The fraction of sp³-hybridized carbons (Fsp3) is 0.248. The molecular weight excluding hydrogens is 2390 g/mol. The first-order chi connectivity index (χ1) is 63.1. The minimum atomic E-state index is -0.375. The molecule has 0 saturated carbocycles. The van der Waals surface area contributed by atoms with Crippen LogP contribution < -0.4 is 0 Å². The van der Waals surface area contributed by atoms with Crippen LogP contribution in [0.25, 0.3) is 175 Å². The van der Waals surface area contributed by atoms with Crippen molar-refractivity contribution in [1.29, 1.82) is 0 Å². The zero-order valence-corrected chi connectivity index (χ0v) is 88.6. The molecule has 701 valence electrons. The van der Waals surface area contributed by atoms with Crippen molar-refractivity contribution in [1.82, 2.24) is 39.9 Å². The van der Waals surface area contributed by atoms with Gasteiger partial charge in [-0.2, -0.15) is 0 Å². The molecule has 6 unspecified atom stereocenters. The van der Waals surface area contributed by atoms with Crippen LogP contribution in [0, 0.1) is 52.0 Å². The van der Waals surface area contributed by atoms with E-state index in [9.17, 15) is 0 Å². The number of hydrogen-bond acceptors (Lipinski definition) is 14. The van der Waals surface area contributed by atoms with Gasteiger partial charge < -0.3 is 50.6 Å². The SMILES string of the molecule is CC(C)c1c[c-]c2c(c1)c1cc(C(C)C)ccc1c1nc(-c3ccccc3)cnc21.CC(O)CC(C)O.CC(O)CC(C)O.CC(O)CC(C)O.CCc1c[c-]c2c(c1)c1cc(CC)ccc1c1nc(-c3ccccc3)cnc21.Cc1c[c-]c2c(c1)c1cc(C)ccc1c1nc(-c3ccccc3)cnc21.Cc1c[c-]c2c(c1)c1cc(C)ccc1c1nc(-c3ccccc3)cnc21.[Ir].[Ir].[Ir].[Pt]. The molecule has 135 heavy (non-hydrogen) atoms. The van der Waals surface area contributed by atoms with Crippen molar-refractivity contribution >= 4 is 130 Å². The minimum absolute atomic E-state index is 0.